The van der Waals surface area contributed by atoms with Crippen LogP contribution in [0.3, 0.4) is 0 Å². The van der Waals surface area contributed by atoms with Gasteiger partial charge in [0.2, 0.25) is 0 Å². The molecule has 0 atom stereocenters. The van der Waals surface area contributed by atoms with E-state index < -0.39 is 11.7 Å². The molecule has 2 N–H and O–H groups in total. The highest BCUT2D eigenvalue weighted by atomic mass is 32.1. The average Bonchev–Trinajstić information content (AvgIpc) is 3.24. The van der Waals surface area contributed by atoms with Gasteiger partial charge in [-0.1, -0.05) is 30.3 Å². The van der Waals surface area contributed by atoms with Gasteiger partial charge in [0, 0.05) is 24.7 Å². The predicted octanol–water partition coefficient (Wildman–Crippen LogP) is 4.83. The van der Waals surface area contributed by atoms with E-state index in [4.69, 9.17) is 4.74 Å². The summed E-state index contributed by atoms with van der Waals surface area (Å²) in [7, 11) is 1.57. The van der Waals surface area contributed by atoms with Gasteiger partial charge in [-0.2, -0.15) is 0 Å². The zero-order valence-corrected chi connectivity index (χ0v) is 19.0. The van der Waals surface area contributed by atoms with Crippen LogP contribution in [0.4, 0.5) is 20.6 Å². The molecule has 0 spiro atoms. The Labute approximate surface area is 190 Å². The number of aryl methyl sites for hydroxylation is 2. The summed E-state index contributed by atoms with van der Waals surface area (Å²) in [5.41, 5.74) is 2.94. The summed E-state index contributed by atoms with van der Waals surface area (Å²) < 4.78 is 18.9. The Bertz CT molecular complexity index is 1080. The van der Waals surface area contributed by atoms with Gasteiger partial charge >= 0.3 is 6.03 Å². The molecule has 3 rings (SSSR count). The standard InChI is InChI=1S/C23H25FN4O3S/c1-15-7-6-8-16(2)21(15)27-23(30)28(11-12-31-3)13-20-25-19(14-32-20)22(29)26-18-10-5-4-9-17(18)24/h4-10,14H,11-13H2,1-3H3,(H,26,29)(H,27,30). The second kappa shape index (κ2) is 10.8. The van der Waals surface area contributed by atoms with Crippen molar-refractivity contribution in [1.82, 2.24) is 9.88 Å². The van der Waals surface area contributed by atoms with Crippen LogP contribution in [0.2, 0.25) is 0 Å². The molecule has 0 saturated carbocycles. The lowest BCUT2D eigenvalue weighted by Gasteiger charge is -2.23. The van der Waals surface area contributed by atoms with Crippen molar-refractivity contribution in [1.29, 1.82) is 0 Å². The maximum Gasteiger partial charge on any atom is 0.322 e. The number of ether oxygens (including phenoxy) is 1. The minimum absolute atomic E-state index is 0.0850. The maximum absolute atomic E-state index is 13.8. The van der Waals surface area contributed by atoms with E-state index in [9.17, 15) is 14.0 Å². The van der Waals surface area contributed by atoms with E-state index in [0.717, 1.165) is 16.8 Å². The number of nitrogens with zero attached hydrogens (tertiary/aromatic N) is 2. The fourth-order valence-corrected chi connectivity index (χ4v) is 3.84. The molecule has 32 heavy (non-hydrogen) atoms. The average molecular weight is 457 g/mol. The van der Waals surface area contributed by atoms with Crippen LogP contribution in [-0.2, 0) is 11.3 Å². The van der Waals surface area contributed by atoms with E-state index in [1.807, 2.05) is 32.0 Å². The van der Waals surface area contributed by atoms with Gasteiger partial charge in [-0.25, -0.2) is 14.2 Å². The van der Waals surface area contributed by atoms with Crippen molar-refractivity contribution in [2.45, 2.75) is 20.4 Å². The smallest absolute Gasteiger partial charge is 0.322 e. The number of hydrogen-bond acceptors (Lipinski definition) is 5. The molecule has 0 bridgehead atoms. The summed E-state index contributed by atoms with van der Waals surface area (Å²) in [6.07, 6.45) is 0. The van der Waals surface area contributed by atoms with Crippen molar-refractivity contribution in [3.05, 3.63) is 75.5 Å². The minimum atomic E-state index is -0.523. The Morgan fingerprint density at radius 3 is 2.50 bits per heavy atom. The highest BCUT2D eigenvalue weighted by molar-refractivity contribution is 7.09. The lowest BCUT2D eigenvalue weighted by atomic mass is 10.1. The first kappa shape index (κ1) is 23.4. The highest BCUT2D eigenvalue weighted by Gasteiger charge is 2.19. The molecule has 0 radical (unpaired) electrons. The van der Waals surface area contributed by atoms with Gasteiger partial charge in [0.05, 0.1) is 18.8 Å². The van der Waals surface area contributed by atoms with Crippen LogP contribution in [0.1, 0.15) is 26.6 Å². The Hall–Kier alpha value is -3.30. The molecule has 0 aliphatic carbocycles. The first-order valence-electron chi connectivity index (χ1n) is 10.0. The normalized spacial score (nSPS) is 10.6. The van der Waals surface area contributed by atoms with Crippen molar-refractivity contribution < 1.29 is 18.7 Å². The van der Waals surface area contributed by atoms with Crippen molar-refractivity contribution in [2.75, 3.05) is 30.9 Å². The lowest BCUT2D eigenvalue weighted by Crippen LogP contribution is -2.37. The molecule has 0 aliphatic rings. The molecular formula is C23H25FN4O3S. The largest absolute Gasteiger partial charge is 0.383 e. The molecule has 2 aromatic carbocycles. The molecule has 168 valence electrons. The molecule has 3 amide bonds. The first-order chi connectivity index (χ1) is 15.4. The second-order valence-electron chi connectivity index (χ2n) is 7.17. The second-order valence-corrected chi connectivity index (χ2v) is 8.11. The molecule has 0 saturated heterocycles. The van der Waals surface area contributed by atoms with Gasteiger partial charge in [-0.3, -0.25) is 4.79 Å². The van der Waals surface area contributed by atoms with Gasteiger partial charge in [-0.15, -0.1) is 11.3 Å². The first-order valence-corrected chi connectivity index (χ1v) is 10.9. The van der Waals surface area contributed by atoms with Crippen LogP contribution < -0.4 is 10.6 Å². The van der Waals surface area contributed by atoms with E-state index in [2.05, 4.69) is 15.6 Å². The summed E-state index contributed by atoms with van der Waals surface area (Å²) in [5, 5.41) is 7.64. The number of thiazole rings is 1. The summed E-state index contributed by atoms with van der Waals surface area (Å²) in [4.78, 5) is 31.3. The van der Waals surface area contributed by atoms with Gasteiger partial charge in [-0.05, 0) is 37.1 Å². The Balaban J connectivity index is 1.70. The quantitative estimate of drug-likeness (QED) is 0.508. The third-order valence-electron chi connectivity index (χ3n) is 4.80. The number of halogens is 1. The van der Waals surface area contributed by atoms with Gasteiger partial charge in [0.25, 0.3) is 5.91 Å². The van der Waals surface area contributed by atoms with Crippen molar-refractivity contribution in [3.63, 3.8) is 0 Å². The van der Waals surface area contributed by atoms with Gasteiger partial charge in [0.1, 0.15) is 16.5 Å². The number of rotatable bonds is 8. The third kappa shape index (κ3) is 5.89. The molecule has 3 aromatic rings. The fraction of sp³-hybridized carbons (Fsp3) is 0.261. The van der Waals surface area contributed by atoms with E-state index in [1.165, 1.54) is 23.5 Å². The molecule has 9 heteroatoms. The Kier molecular flexibility index (Phi) is 7.91. The van der Waals surface area contributed by atoms with Gasteiger partial charge in [0.15, 0.2) is 0 Å². The summed E-state index contributed by atoms with van der Waals surface area (Å²) in [6, 6.07) is 11.4. The third-order valence-corrected chi connectivity index (χ3v) is 5.63. The predicted molar refractivity (Wildman–Crippen MR) is 124 cm³/mol. The highest BCUT2D eigenvalue weighted by Crippen LogP contribution is 2.21. The van der Waals surface area contributed by atoms with E-state index in [1.54, 1.807) is 29.5 Å². The maximum atomic E-state index is 13.8. The van der Waals surface area contributed by atoms with Crippen LogP contribution >= 0.6 is 11.3 Å². The molecule has 0 unspecified atom stereocenters. The number of nitrogens with one attached hydrogen (secondary N) is 2. The number of amides is 3. The molecule has 0 fully saturated rings. The number of urea groups is 1. The lowest BCUT2D eigenvalue weighted by molar-refractivity contribution is 0.102. The number of hydrogen-bond donors (Lipinski definition) is 2. The number of carbonyl (C=O) groups is 2. The van der Waals surface area contributed by atoms with Crippen LogP contribution in [0.15, 0.2) is 47.8 Å². The number of anilines is 2. The molecular weight excluding hydrogens is 431 g/mol. The van der Waals surface area contributed by atoms with E-state index >= 15 is 0 Å². The molecule has 0 aliphatic heterocycles. The zero-order chi connectivity index (χ0) is 23.1. The zero-order valence-electron chi connectivity index (χ0n) is 18.1. The number of carbonyl (C=O) groups excluding carboxylic acids is 2. The number of methoxy groups -OCH3 is 1. The fourth-order valence-electron chi connectivity index (χ4n) is 3.05. The molecule has 1 aromatic heterocycles. The summed E-state index contributed by atoms with van der Waals surface area (Å²) in [5.74, 6) is -1.04. The Morgan fingerprint density at radius 1 is 1.09 bits per heavy atom. The summed E-state index contributed by atoms with van der Waals surface area (Å²) >= 11 is 1.26. The monoisotopic (exact) mass is 456 g/mol. The number of para-hydroxylation sites is 2. The van der Waals surface area contributed by atoms with E-state index in [-0.39, 0.29) is 24.0 Å². The van der Waals surface area contributed by atoms with Crippen LogP contribution in [0.25, 0.3) is 0 Å². The van der Waals surface area contributed by atoms with Gasteiger partial charge < -0.3 is 20.3 Å². The SMILES string of the molecule is COCCN(Cc1nc(C(=O)Nc2ccccc2F)cs1)C(=O)Nc1c(C)cccc1C. The summed E-state index contributed by atoms with van der Waals surface area (Å²) in [6.45, 7) is 4.78. The van der Waals surface area contributed by atoms with Crippen LogP contribution in [0.5, 0.6) is 0 Å². The van der Waals surface area contributed by atoms with Crippen molar-refractivity contribution in [3.8, 4) is 0 Å². The van der Waals surface area contributed by atoms with Crippen molar-refractivity contribution >= 4 is 34.6 Å². The Morgan fingerprint density at radius 2 is 1.81 bits per heavy atom. The number of aromatic nitrogens is 1. The van der Waals surface area contributed by atoms with Crippen LogP contribution in [-0.4, -0.2) is 42.1 Å². The van der Waals surface area contributed by atoms with E-state index in [0.29, 0.717) is 18.2 Å². The topological polar surface area (TPSA) is 83.6 Å². The van der Waals surface area contributed by atoms with Crippen LogP contribution in [0, 0.1) is 19.7 Å². The molecule has 7 nitrogen and oxygen atoms in total. The molecule has 1 heterocycles. The van der Waals surface area contributed by atoms with Crippen molar-refractivity contribution in [2.24, 2.45) is 0 Å². The number of benzene rings is 2. The minimum Gasteiger partial charge on any atom is -0.383 e.